The van der Waals surface area contributed by atoms with Crippen molar-refractivity contribution in [1.29, 1.82) is 0 Å². The number of rotatable bonds is 6. The number of benzene rings is 1. The Hall–Kier alpha value is -2.04. The maximum Gasteiger partial charge on any atom is 0.310 e. The summed E-state index contributed by atoms with van der Waals surface area (Å²) in [5.74, 6) is -0.533. The highest BCUT2D eigenvalue weighted by Gasteiger charge is 2.34. The van der Waals surface area contributed by atoms with Gasteiger partial charge in [0.1, 0.15) is 0 Å². The number of likely N-dealkylation sites (tertiary alicyclic amines) is 1. The quantitative estimate of drug-likeness (QED) is 0.746. The maximum absolute atomic E-state index is 11.9. The minimum Gasteiger partial charge on any atom is -0.469 e. The van der Waals surface area contributed by atoms with Gasteiger partial charge in [0, 0.05) is 38.8 Å². The first-order valence-corrected chi connectivity index (χ1v) is 7.23. The van der Waals surface area contributed by atoms with E-state index in [1.165, 1.54) is 7.11 Å². The van der Waals surface area contributed by atoms with Crippen molar-refractivity contribution in [3.63, 3.8) is 0 Å². The molecule has 114 valence electrons. The van der Waals surface area contributed by atoms with Crippen molar-refractivity contribution in [2.24, 2.45) is 5.92 Å². The first kappa shape index (κ1) is 15.4. The molecule has 1 fully saturated rings. The standard InChI is InChI=1S/C16H22N2O3/c1-17(14-7-4-3-5-8-14)9-6-10-18-12-13(11-15(18)19)16(20)21-2/h3-5,7-8,13H,6,9-12H2,1-2H3. The van der Waals surface area contributed by atoms with Crippen molar-refractivity contribution in [3.8, 4) is 0 Å². The number of methoxy groups -OCH3 is 1. The van der Waals surface area contributed by atoms with Crippen molar-refractivity contribution >= 4 is 17.6 Å². The van der Waals surface area contributed by atoms with E-state index in [0.29, 0.717) is 13.1 Å². The Morgan fingerprint density at radius 2 is 2.10 bits per heavy atom. The third-order valence-electron chi connectivity index (χ3n) is 3.87. The van der Waals surface area contributed by atoms with Gasteiger partial charge in [-0.2, -0.15) is 0 Å². The normalized spacial score (nSPS) is 17.9. The number of anilines is 1. The first-order chi connectivity index (χ1) is 10.1. The van der Waals surface area contributed by atoms with E-state index < -0.39 is 0 Å². The molecule has 1 aromatic rings. The van der Waals surface area contributed by atoms with Crippen LogP contribution in [0.25, 0.3) is 0 Å². The third-order valence-corrected chi connectivity index (χ3v) is 3.87. The second-order valence-electron chi connectivity index (χ2n) is 5.37. The minimum absolute atomic E-state index is 0.0489. The van der Waals surface area contributed by atoms with Gasteiger partial charge in [-0.25, -0.2) is 0 Å². The van der Waals surface area contributed by atoms with E-state index in [2.05, 4.69) is 17.0 Å². The molecule has 0 aliphatic carbocycles. The first-order valence-electron chi connectivity index (χ1n) is 7.23. The molecular formula is C16H22N2O3. The number of para-hydroxylation sites is 1. The summed E-state index contributed by atoms with van der Waals surface area (Å²) in [6, 6.07) is 10.1. The van der Waals surface area contributed by atoms with Crippen LogP contribution in [0.15, 0.2) is 30.3 Å². The van der Waals surface area contributed by atoms with Gasteiger partial charge in [-0.3, -0.25) is 9.59 Å². The molecular weight excluding hydrogens is 268 g/mol. The zero-order valence-electron chi connectivity index (χ0n) is 12.6. The second kappa shape index (κ2) is 7.11. The highest BCUT2D eigenvalue weighted by Crippen LogP contribution is 2.19. The summed E-state index contributed by atoms with van der Waals surface area (Å²) in [5.41, 5.74) is 1.16. The molecule has 0 spiro atoms. The summed E-state index contributed by atoms with van der Waals surface area (Å²) in [6.45, 7) is 2.04. The van der Waals surface area contributed by atoms with E-state index in [9.17, 15) is 9.59 Å². The Kier molecular flexibility index (Phi) is 5.20. The van der Waals surface area contributed by atoms with Crippen molar-refractivity contribution in [3.05, 3.63) is 30.3 Å². The van der Waals surface area contributed by atoms with Gasteiger partial charge < -0.3 is 14.5 Å². The SMILES string of the molecule is COC(=O)C1CC(=O)N(CCCN(C)c2ccccc2)C1. The van der Waals surface area contributed by atoms with Gasteiger partial charge in [0.2, 0.25) is 5.91 Å². The summed E-state index contributed by atoms with van der Waals surface area (Å²) in [4.78, 5) is 27.2. The lowest BCUT2D eigenvalue weighted by Gasteiger charge is -2.21. The van der Waals surface area contributed by atoms with Crippen LogP contribution in [0.4, 0.5) is 5.69 Å². The average Bonchev–Trinajstić information content (AvgIpc) is 2.88. The summed E-state index contributed by atoms with van der Waals surface area (Å²) >= 11 is 0. The number of carbonyl (C=O) groups excluding carboxylic acids is 2. The highest BCUT2D eigenvalue weighted by molar-refractivity contribution is 5.86. The molecule has 1 saturated heterocycles. The Morgan fingerprint density at radius 1 is 1.38 bits per heavy atom. The van der Waals surface area contributed by atoms with Crippen LogP contribution in [0.2, 0.25) is 0 Å². The summed E-state index contributed by atoms with van der Waals surface area (Å²) in [6.07, 6.45) is 1.16. The molecule has 1 aliphatic heterocycles. The molecule has 1 amide bonds. The van der Waals surface area contributed by atoms with E-state index in [4.69, 9.17) is 4.74 Å². The van der Waals surface area contributed by atoms with E-state index in [1.807, 2.05) is 25.2 Å². The molecule has 21 heavy (non-hydrogen) atoms. The van der Waals surface area contributed by atoms with Crippen LogP contribution in [-0.2, 0) is 14.3 Å². The number of amides is 1. The number of carbonyl (C=O) groups is 2. The lowest BCUT2D eigenvalue weighted by molar-refractivity contribution is -0.145. The Balaban J connectivity index is 1.76. The molecule has 0 radical (unpaired) electrons. The predicted octanol–water partition coefficient (Wildman–Crippen LogP) is 1.53. The lowest BCUT2D eigenvalue weighted by Crippen LogP contribution is -2.30. The molecule has 1 aromatic carbocycles. The van der Waals surface area contributed by atoms with Gasteiger partial charge in [0.25, 0.3) is 0 Å². The van der Waals surface area contributed by atoms with Gasteiger partial charge in [-0.05, 0) is 18.6 Å². The third kappa shape index (κ3) is 3.97. The van der Waals surface area contributed by atoms with Crippen molar-refractivity contribution < 1.29 is 14.3 Å². The van der Waals surface area contributed by atoms with Gasteiger partial charge in [-0.1, -0.05) is 18.2 Å². The number of hydrogen-bond acceptors (Lipinski definition) is 4. The molecule has 1 heterocycles. The van der Waals surface area contributed by atoms with Crippen LogP contribution in [-0.4, -0.2) is 50.6 Å². The zero-order chi connectivity index (χ0) is 15.2. The predicted molar refractivity (Wildman–Crippen MR) is 81.0 cm³/mol. The van der Waals surface area contributed by atoms with Crippen molar-refractivity contribution in [1.82, 2.24) is 4.90 Å². The van der Waals surface area contributed by atoms with E-state index >= 15 is 0 Å². The molecule has 0 bridgehead atoms. The molecule has 0 saturated carbocycles. The second-order valence-corrected chi connectivity index (χ2v) is 5.37. The fourth-order valence-electron chi connectivity index (χ4n) is 2.62. The molecule has 0 aromatic heterocycles. The molecule has 2 rings (SSSR count). The summed E-state index contributed by atoms with van der Waals surface area (Å²) in [7, 11) is 3.41. The number of ether oxygens (including phenoxy) is 1. The summed E-state index contributed by atoms with van der Waals surface area (Å²) in [5, 5.41) is 0. The molecule has 1 aliphatic rings. The topological polar surface area (TPSA) is 49.9 Å². The smallest absolute Gasteiger partial charge is 0.310 e. The van der Waals surface area contributed by atoms with Crippen LogP contribution in [0.5, 0.6) is 0 Å². The van der Waals surface area contributed by atoms with Crippen LogP contribution in [0, 0.1) is 5.92 Å². The van der Waals surface area contributed by atoms with E-state index in [-0.39, 0.29) is 24.2 Å². The van der Waals surface area contributed by atoms with Gasteiger partial charge in [-0.15, -0.1) is 0 Å². The van der Waals surface area contributed by atoms with Gasteiger partial charge in [0.15, 0.2) is 0 Å². The lowest BCUT2D eigenvalue weighted by atomic mass is 10.1. The fraction of sp³-hybridized carbons (Fsp3) is 0.500. The van der Waals surface area contributed by atoms with Crippen LogP contribution in [0.3, 0.4) is 0 Å². The maximum atomic E-state index is 11.9. The summed E-state index contributed by atoms with van der Waals surface area (Å²) < 4.78 is 4.71. The Morgan fingerprint density at radius 3 is 2.76 bits per heavy atom. The van der Waals surface area contributed by atoms with Gasteiger partial charge >= 0.3 is 5.97 Å². The highest BCUT2D eigenvalue weighted by atomic mass is 16.5. The van der Waals surface area contributed by atoms with Crippen molar-refractivity contribution in [2.75, 3.05) is 38.7 Å². The van der Waals surface area contributed by atoms with Crippen molar-refractivity contribution in [2.45, 2.75) is 12.8 Å². The Bertz CT molecular complexity index is 490. The monoisotopic (exact) mass is 290 g/mol. The molecule has 5 heteroatoms. The number of hydrogen-bond donors (Lipinski definition) is 0. The molecule has 0 N–H and O–H groups in total. The van der Waals surface area contributed by atoms with Crippen LogP contribution >= 0.6 is 0 Å². The molecule has 5 nitrogen and oxygen atoms in total. The van der Waals surface area contributed by atoms with Crippen LogP contribution in [0.1, 0.15) is 12.8 Å². The largest absolute Gasteiger partial charge is 0.469 e. The molecule has 1 atom stereocenters. The fourth-order valence-corrected chi connectivity index (χ4v) is 2.62. The average molecular weight is 290 g/mol. The zero-order valence-corrected chi connectivity index (χ0v) is 12.6. The van der Waals surface area contributed by atoms with Gasteiger partial charge in [0.05, 0.1) is 13.0 Å². The number of esters is 1. The number of nitrogens with zero attached hydrogens (tertiary/aromatic N) is 2. The van der Waals surface area contributed by atoms with E-state index in [1.54, 1.807) is 4.90 Å². The molecule has 1 unspecified atom stereocenters. The van der Waals surface area contributed by atoms with Crippen LogP contribution < -0.4 is 4.90 Å². The minimum atomic E-state index is -0.297. The van der Waals surface area contributed by atoms with E-state index in [0.717, 1.165) is 18.7 Å². The Labute approximate surface area is 125 Å².